The molecule has 0 aromatic heterocycles. The van der Waals surface area contributed by atoms with Crippen molar-refractivity contribution in [2.24, 2.45) is 0 Å². The van der Waals surface area contributed by atoms with Gasteiger partial charge in [0.2, 0.25) is 5.91 Å². The standard InChI is InChI=1S/C24H33N3O2/c1-18(2)25-12-14-26(15-13-25)23(28)16-21-20-10-6-7-11-22(20)27(24(21)29)17-19-8-4-3-5-9-19/h3-5,8-9,18,22H,6-7,10-17H2,1-2H3. The number of carbonyl (C=O) groups excluding carboxylic acids is 2. The van der Waals surface area contributed by atoms with Crippen LogP contribution in [0.3, 0.4) is 0 Å². The van der Waals surface area contributed by atoms with Crippen LogP contribution in [-0.2, 0) is 16.1 Å². The minimum atomic E-state index is 0.0879. The van der Waals surface area contributed by atoms with E-state index in [2.05, 4.69) is 30.9 Å². The van der Waals surface area contributed by atoms with Gasteiger partial charge in [0.15, 0.2) is 0 Å². The Morgan fingerprint density at radius 2 is 1.79 bits per heavy atom. The maximum atomic E-state index is 13.3. The summed E-state index contributed by atoms with van der Waals surface area (Å²) < 4.78 is 0. The second kappa shape index (κ2) is 8.70. The van der Waals surface area contributed by atoms with Crippen LogP contribution in [0.1, 0.15) is 51.5 Å². The summed E-state index contributed by atoms with van der Waals surface area (Å²) in [7, 11) is 0. The summed E-state index contributed by atoms with van der Waals surface area (Å²) in [4.78, 5) is 32.7. The predicted molar refractivity (Wildman–Crippen MR) is 114 cm³/mol. The first-order valence-electron chi connectivity index (χ1n) is 11.1. The van der Waals surface area contributed by atoms with Gasteiger partial charge in [-0.15, -0.1) is 0 Å². The van der Waals surface area contributed by atoms with Gasteiger partial charge in [0.05, 0.1) is 12.5 Å². The number of amides is 2. The van der Waals surface area contributed by atoms with Crippen molar-refractivity contribution in [3.8, 4) is 0 Å². The molecule has 1 saturated carbocycles. The Labute approximate surface area is 174 Å². The number of nitrogens with zero attached hydrogens (tertiary/aromatic N) is 3. The van der Waals surface area contributed by atoms with Gasteiger partial charge in [0, 0.05) is 44.3 Å². The van der Waals surface area contributed by atoms with E-state index < -0.39 is 0 Å². The van der Waals surface area contributed by atoms with Crippen LogP contribution < -0.4 is 0 Å². The van der Waals surface area contributed by atoms with Crippen molar-refractivity contribution in [1.29, 1.82) is 0 Å². The Balaban J connectivity index is 1.46. The molecule has 29 heavy (non-hydrogen) atoms. The topological polar surface area (TPSA) is 43.9 Å². The molecular formula is C24H33N3O2. The molecule has 2 amide bonds. The predicted octanol–water partition coefficient (Wildman–Crippen LogP) is 3.21. The molecule has 5 nitrogen and oxygen atoms in total. The molecule has 0 N–H and O–H groups in total. The van der Waals surface area contributed by atoms with E-state index in [0.717, 1.165) is 63.0 Å². The van der Waals surface area contributed by atoms with Crippen molar-refractivity contribution < 1.29 is 9.59 Å². The number of hydrogen-bond acceptors (Lipinski definition) is 3. The normalized spacial score (nSPS) is 23.1. The van der Waals surface area contributed by atoms with Crippen LogP contribution in [-0.4, -0.2) is 64.8 Å². The quantitative estimate of drug-likeness (QED) is 0.769. The molecule has 156 valence electrons. The SMILES string of the molecule is CC(C)N1CCN(C(=O)CC2=C3CCCCC3N(Cc3ccccc3)C2=O)CC1. The number of hydrogen-bond donors (Lipinski definition) is 0. The van der Waals surface area contributed by atoms with E-state index in [0.29, 0.717) is 12.6 Å². The second-order valence-corrected chi connectivity index (χ2v) is 8.87. The van der Waals surface area contributed by atoms with Crippen LogP contribution in [0.4, 0.5) is 0 Å². The molecular weight excluding hydrogens is 362 g/mol. The van der Waals surface area contributed by atoms with E-state index in [9.17, 15) is 9.59 Å². The Morgan fingerprint density at radius 1 is 1.07 bits per heavy atom. The van der Waals surface area contributed by atoms with Gasteiger partial charge in [0.25, 0.3) is 5.91 Å². The number of benzene rings is 1. The molecule has 2 fully saturated rings. The molecule has 5 heteroatoms. The number of piperazine rings is 1. The zero-order valence-corrected chi connectivity index (χ0v) is 17.8. The molecule has 2 aliphatic heterocycles. The van der Waals surface area contributed by atoms with Crippen LogP contribution >= 0.6 is 0 Å². The summed E-state index contributed by atoms with van der Waals surface area (Å²) in [5, 5.41) is 0. The maximum absolute atomic E-state index is 13.3. The van der Waals surface area contributed by atoms with Gasteiger partial charge in [-0.05, 0) is 44.2 Å². The minimum Gasteiger partial charge on any atom is -0.340 e. The summed E-state index contributed by atoms with van der Waals surface area (Å²) in [6.45, 7) is 8.42. The molecule has 1 aromatic carbocycles. The van der Waals surface area contributed by atoms with Gasteiger partial charge >= 0.3 is 0 Å². The Kier molecular flexibility index (Phi) is 6.04. The highest BCUT2D eigenvalue weighted by molar-refractivity contribution is 6.02. The lowest BCUT2D eigenvalue weighted by atomic mass is 9.88. The third kappa shape index (κ3) is 4.25. The maximum Gasteiger partial charge on any atom is 0.251 e. The van der Waals surface area contributed by atoms with Crippen molar-refractivity contribution in [3.63, 3.8) is 0 Å². The first-order chi connectivity index (χ1) is 14.0. The van der Waals surface area contributed by atoms with E-state index in [1.54, 1.807) is 0 Å². The monoisotopic (exact) mass is 395 g/mol. The molecule has 3 aliphatic rings. The van der Waals surface area contributed by atoms with E-state index in [-0.39, 0.29) is 24.3 Å². The lowest BCUT2D eigenvalue weighted by Crippen LogP contribution is -2.50. The average molecular weight is 396 g/mol. The summed E-state index contributed by atoms with van der Waals surface area (Å²) in [6, 6.07) is 10.9. The van der Waals surface area contributed by atoms with Crippen molar-refractivity contribution in [2.45, 2.75) is 64.6 Å². The minimum absolute atomic E-state index is 0.0879. The first-order valence-corrected chi connectivity index (χ1v) is 11.1. The van der Waals surface area contributed by atoms with Crippen LogP contribution in [0.25, 0.3) is 0 Å². The van der Waals surface area contributed by atoms with Gasteiger partial charge in [-0.1, -0.05) is 36.8 Å². The highest BCUT2D eigenvalue weighted by atomic mass is 16.2. The van der Waals surface area contributed by atoms with Gasteiger partial charge in [-0.3, -0.25) is 14.5 Å². The summed E-state index contributed by atoms with van der Waals surface area (Å²) in [6.07, 6.45) is 4.55. The summed E-state index contributed by atoms with van der Waals surface area (Å²) in [5.41, 5.74) is 3.19. The molecule has 1 aliphatic carbocycles. The Bertz CT molecular complexity index is 779. The fraction of sp³-hybridized carbons (Fsp3) is 0.583. The average Bonchev–Trinajstić information content (AvgIpc) is 3.00. The van der Waals surface area contributed by atoms with Gasteiger partial charge in [0.1, 0.15) is 0 Å². The summed E-state index contributed by atoms with van der Waals surface area (Å²) in [5.74, 6) is 0.208. The van der Waals surface area contributed by atoms with E-state index in [4.69, 9.17) is 0 Å². The zero-order chi connectivity index (χ0) is 20.4. The van der Waals surface area contributed by atoms with Gasteiger partial charge in [-0.2, -0.15) is 0 Å². The number of fused-ring (bicyclic) bond motifs is 1. The molecule has 2 heterocycles. The van der Waals surface area contributed by atoms with Gasteiger partial charge < -0.3 is 9.80 Å². The molecule has 1 aromatic rings. The first kappa shape index (κ1) is 20.1. The molecule has 0 radical (unpaired) electrons. The zero-order valence-electron chi connectivity index (χ0n) is 17.8. The fourth-order valence-electron chi connectivity index (χ4n) is 5.04. The highest BCUT2D eigenvalue weighted by Gasteiger charge is 2.40. The third-order valence-electron chi connectivity index (χ3n) is 6.78. The number of rotatable bonds is 5. The molecule has 1 unspecified atom stereocenters. The number of carbonyl (C=O) groups is 2. The Hall–Kier alpha value is -2.14. The molecule has 4 rings (SSSR count). The largest absolute Gasteiger partial charge is 0.340 e. The lowest BCUT2D eigenvalue weighted by Gasteiger charge is -2.37. The van der Waals surface area contributed by atoms with Crippen LogP contribution in [0, 0.1) is 0 Å². The molecule has 1 atom stereocenters. The lowest BCUT2D eigenvalue weighted by molar-refractivity contribution is -0.134. The Morgan fingerprint density at radius 3 is 2.48 bits per heavy atom. The van der Waals surface area contributed by atoms with Crippen LogP contribution in [0.15, 0.2) is 41.5 Å². The molecule has 0 spiro atoms. The van der Waals surface area contributed by atoms with Crippen molar-refractivity contribution in [1.82, 2.24) is 14.7 Å². The van der Waals surface area contributed by atoms with E-state index in [1.165, 1.54) is 5.57 Å². The molecule has 0 bridgehead atoms. The smallest absolute Gasteiger partial charge is 0.251 e. The van der Waals surface area contributed by atoms with E-state index in [1.807, 2.05) is 28.0 Å². The van der Waals surface area contributed by atoms with Crippen molar-refractivity contribution in [3.05, 3.63) is 47.0 Å². The third-order valence-corrected chi connectivity index (χ3v) is 6.78. The highest BCUT2D eigenvalue weighted by Crippen LogP contribution is 2.39. The molecule has 1 saturated heterocycles. The van der Waals surface area contributed by atoms with Crippen LogP contribution in [0.5, 0.6) is 0 Å². The van der Waals surface area contributed by atoms with Crippen molar-refractivity contribution in [2.75, 3.05) is 26.2 Å². The van der Waals surface area contributed by atoms with Crippen molar-refractivity contribution >= 4 is 11.8 Å². The van der Waals surface area contributed by atoms with Gasteiger partial charge in [-0.25, -0.2) is 0 Å². The van der Waals surface area contributed by atoms with Crippen LogP contribution in [0.2, 0.25) is 0 Å². The summed E-state index contributed by atoms with van der Waals surface area (Å²) >= 11 is 0. The second-order valence-electron chi connectivity index (χ2n) is 8.87. The fourth-order valence-corrected chi connectivity index (χ4v) is 5.04. The van der Waals surface area contributed by atoms with E-state index >= 15 is 0 Å².